The number of carbonyl (C=O) groups is 1. The first-order valence-electron chi connectivity index (χ1n) is 10.2. The summed E-state index contributed by atoms with van der Waals surface area (Å²) >= 11 is 1.22. The van der Waals surface area contributed by atoms with Crippen LogP contribution >= 0.6 is 11.8 Å². The van der Waals surface area contributed by atoms with Crippen LogP contribution in [0.4, 0.5) is 4.39 Å². The Morgan fingerprint density at radius 2 is 1.75 bits per heavy atom. The first kappa shape index (κ1) is 21.8. The quantitative estimate of drug-likeness (QED) is 0.346. The molecule has 1 unspecified atom stereocenters. The van der Waals surface area contributed by atoms with E-state index in [4.69, 9.17) is 0 Å². The highest BCUT2D eigenvalue weighted by molar-refractivity contribution is 8.00. The molecule has 0 radical (unpaired) electrons. The van der Waals surface area contributed by atoms with Crippen molar-refractivity contribution in [1.29, 1.82) is 0 Å². The lowest BCUT2D eigenvalue weighted by atomic mass is 10.2. The second kappa shape index (κ2) is 9.36. The molecule has 0 saturated heterocycles. The maximum absolute atomic E-state index is 13.3. The van der Waals surface area contributed by atoms with E-state index < -0.39 is 5.25 Å². The standard InChI is InChI=1S/C25H22FN3O2S/c1-16-7-13-20(14-8-16)29-24(31)21-5-3-4-6-22(21)28-25(29)32-17(2)23(30)27-15-18-9-11-19(26)12-10-18/h3-14,17H,15H2,1-2H3,(H,27,30). The van der Waals surface area contributed by atoms with Gasteiger partial charge in [-0.1, -0.05) is 53.7 Å². The molecule has 0 spiro atoms. The monoisotopic (exact) mass is 447 g/mol. The van der Waals surface area contributed by atoms with Gasteiger partial charge in [0.15, 0.2) is 5.16 Å². The lowest BCUT2D eigenvalue weighted by Crippen LogP contribution is -2.31. The molecule has 3 aromatic carbocycles. The van der Waals surface area contributed by atoms with Crippen molar-refractivity contribution in [3.8, 4) is 5.69 Å². The normalized spacial score (nSPS) is 12.0. The average molecular weight is 448 g/mol. The van der Waals surface area contributed by atoms with Gasteiger partial charge in [-0.2, -0.15) is 0 Å². The second-order valence-electron chi connectivity index (χ2n) is 7.49. The summed E-state index contributed by atoms with van der Waals surface area (Å²) in [6, 6.07) is 20.8. The average Bonchev–Trinajstić information content (AvgIpc) is 2.79. The van der Waals surface area contributed by atoms with Crippen LogP contribution in [-0.4, -0.2) is 20.7 Å². The first-order valence-corrected chi connectivity index (χ1v) is 11.1. The first-order chi connectivity index (χ1) is 15.4. The molecular formula is C25H22FN3O2S. The van der Waals surface area contributed by atoms with Gasteiger partial charge in [0, 0.05) is 6.54 Å². The van der Waals surface area contributed by atoms with Crippen LogP contribution in [0.5, 0.6) is 0 Å². The third-order valence-electron chi connectivity index (χ3n) is 5.07. The van der Waals surface area contributed by atoms with Crippen LogP contribution in [0, 0.1) is 12.7 Å². The highest BCUT2D eigenvalue weighted by atomic mass is 32.2. The molecule has 162 valence electrons. The summed E-state index contributed by atoms with van der Waals surface area (Å²) in [4.78, 5) is 30.7. The summed E-state index contributed by atoms with van der Waals surface area (Å²) < 4.78 is 14.6. The maximum atomic E-state index is 13.3. The molecule has 5 nitrogen and oxygen atoms in total. The number of nitrogens with one attached hydrogen (secondary N) is 1. The van der Waals surface area contributed by atoms with Gasteiger partial charge in [0.1, 0.15) is 5.82 Å². The lowest BCUT2D eigenvalue weighted by molar-refractivity contribution is -0.120. The van der Waals surface area contributed by atoms with Crippen LogP contribution < -0.4 is 10.9 Å². The van der Waals surface area contributed by atoms with Crippen molar-refractivity contribution in [3.63, 3.8) is 0 Å². The molecule has 1 heterocycles. The van der Waals surface area contributed by atoms with Gasteiger partial charge >= 0.3 is 0 Å². The predicted octanol–water partition coefficient (Wildman–Crippen LogP) is 4.63. The molecular weight excluding hydrogens is 425 g/mol. The molecule has 0 saturated carbocycles. The molecule has 7 heteroatoms. The minimum absolute atomic E-state index is 0.180. The molecule has 4 aromatic rings. The molecule has 1 aromatic heterocycles. The number of benzene rings is 3. The van der Waals surface area contributed by atoms with E-state index >= 15 is 0 Å². The van der Waals surface area contributed by atoms with Gasteiger partial charge in [-0.15, -0.1) is 0 Å². The Hall–Kier alpha value is -3.45. The van der Waals surface area contributed by atoms with Gasteiger partial charge in [0.25, 0.3) is 5.56 Å². The highest BCUT2D eigenvalue weighted by Gasteiger charge is 2.20. The number of rotatable bonds is 6. The van der Waals surface area contributed by atoms with E-state index in [0.29, 0.717) is 28.3 Å². The van der Waals surface area contributed by atoms with Gasteiger partial charge in [-0.25, -0.2) is 9.37 Å². The Morgan fingerprint density at radius 3 is 2.47 bits per heavy atom. The summed E-state index contributed by atoms with van der Waals surface area (Å²) in [5, 5.41) is 3.33. The van der Waals surface area contributed by atoms with E-state index in [2.05, 4.69) is 10.3 Å². The molecule has 32 heavy (non-hydrogen) atoms. The van der Waals surface area contributed by atoms with Crippen molar-refractivity contribution < 1.29 is 9.18 Å². The molecule has 1 atom stereocenters. The SMILES string of the molecule is Cc1ccc(-n2c(SC(C)C(=O)NCc3ccc(F)cc3)nc3ccccc3c2=O)cc1. The van der Waals surface area contributed by atoms with Crippen molar-refractivity contribution in [2.24, 2.45) is 0 Å². The Labute approximate surface area is 189 Å². The van der Waals surface area contributed by atoms with E-state index in [0.717, 1.165) is 11.1 Å². The number of halogens is 1. The van der Waals surface area contributed by atoms with Gasteiger partial charge in [0.2, 0.25) is 5.91 Å². The lowest BCUT2D eigenvalue weighted by Gasteiger charge is -2.16. The van der Waals surface area contributed by atoms with Crippen molar-refractivity contribution in [2.75, 3.05) is 0 Å². The molecule has 0 bridgehead atoms. The zero-order valence-corrected chi connectivity index (χ0v) is 18.5. The molecule has 0 aliphatic heterocycles. The second-order valence-corrected chi connectivity index (χ2v) is 8.80. The number of hydrogen-bond acceptors (Lipinski definition) is 4. The number of carbonyl (C=O) groups excluding carboxylic acids is 1. The molecule has 1 N–H and O–H groups in total. The van der Waals surface area contributed by atoms with Crippen molar-refractivity contribution >= 4 is 28.6 Å². The summed E-state index contributed by atoms with van der Waals surface area (Å²) in [5.41, 5.74) is 2.99. The van der Waals surface area contributed by atoms with Crippen LogP contribution in [0.2, 0.25) is 0 Å². The molecule has 4 rings (SSSR count). The van der Waals surface area contributed by atoms with Gasteiger partial charge < -0.3 is 5.32 Å². The number of aromatic nitrogens is 2. The largest absolute Gasteiger partial charge is 0.351 e. The van der Waals surface area contributed by atoms with E-state index in [1.165, 1.54) is 23.9 Å². The Morgan fingerprint density at radius 1 is 1.06 bits per heavy atom. The van der Waals surface area contributed by atoms with Gasteiger partial charge in [0.05, 0.1) is 21.8 Å². The van der Waals surface area contributed by atoms with E-state index in [1.54, 1.807) is 35.8 Å². The van der Waals surface area contributed by atoms with E-state index in [9.17, 15) is 14.0 Å². The minimum atomic E-state index is -0.500. The van der Waals surface area contributed by atoms with Crippen LogP contribution in [-0.2, 0) is 11.3 Å². The topological polar surface area (TPSA) is 64.0 Å². The Balaban J connectivity index is 1.63. The van der Waals surface area contributed by atoms with E-state index in [1.807, 2.05) is 43.3 Å². The number of thioether (sulfide) groups is 1. The molecule has 1 amide bonds. The van der Waals surface area contributed by atoms with Crippen LogP contribution in [0.1, 0.15) is 18.1 Å². The zero-order valence-electron chi connectivity index (χ0n) is 17.7. The Bertz CT molecular complexity index is 1320. The fraction of sp³-hybridized carbons (Fsp3) is 0.160. The molecule has 0 aliphatic carbocycles. The number of amides is 1. The number of hydrogen-bond donors (Lipinski definition) is 1. The highest BCUT2D eigenvalue weighted by Crippen LogP contribution is 2.25. The fourth-order valence-electron chi connectivity index (χ4n) is 3.26. The molecule has 0 aliphatic rings. The van der Waals surface area contributed by atoms with Crippen LogP contribution in [0.15, 0.2) is 82.7 Å². The summed E-state index contributed by atoms with van der Waals surface area (Å²) in [6.07, 6.45) is 0. The fourth-order valence-corrected chi connectivity index (χ4v) is 4.21. The third-order valence-corrected chi connectivity index (χ3v) is 6.12. The molecule has 0 fully saturated rings. The van der Waals surface area contributed by atoms with Crippen molar-refractivity contribution in [1.82, 2.24) is 14.9 Å². The van der Waals surface area contributed by atoms with Crippen LogP contribution in [0.25, 0.3) is 16.6 Å². The Kier molecular flexibility index (Phi) is 6.37. The maximum Gasteiger partial charge on any atom is 0.266 e. The number of nitrogens with zero attached hydrogens (tertiary/aromatic N) is 2. The smallest absolute Gasteiger partial charge is 0.266 e. The number of para-hydroxylation sites is 1. The van der Waals surface area contributed by atoms with Gasteiger partial charge in [-0.3, -0.25) is 14.2 Å². The minimum Gasteiger partial charge on any atom is -0.351 e. The van der Waals surface area contributed by atoms with E-state index in [-0.39, 0.29) is 17.3 Å². The number of fused-ring (bicyclic) bond motifs is 1. The number of aryl methyl sites for hydroxylation is 1. The van der Waals surface area contributed by atoms with Crippen molar-refractivity contribution in [2.45, 2.75) is 30.8 Å². The predicted molar refractivity (Wildman–Crippen MR) is 126 cm³/mol. The summed E-state index contributed by atoms with van der Waals surface area (Å²) in [5.74, 6) is -0.516. The zero-order chi connectivity index (χ0) is 22.7. The summed E-state index contributed by atoms with van der Waals surface area (Å²) in [7, 11) is 0. The summed E-state index contributed by atoms with van der Waals surface area (Å²) in [6.45, 7) is 4.04. The van der Waals surface area contributed by atoms with Gasteiger partial charge in [-0.05, 0) is 55.8 Å². The van der Waals surface area contributed by atoms with Crippen molar-refractivity contribution in [3.05, 3.63) is 100 Å². The van der Waals surface area contributed by atoms with Crippen LogP contribution in [0.3, 0.4) is 0 Å². The third kappa shape index (κ3) is 4.73.